The minimum atomic E-state index is -1.97. The Morgan fingerprint density at radius 3 is 2.12 bits per heavy atom. The molecule has 0 unspecified atom stereocenters. The van der Waals surface area contributed by atoms with Crippen molar-refractivity contribution in [2.75, 3.05) is 0 Å². The molecule has 0 fully saturated rings. The average molecular weight is 450 g/mol. The third kappa shape index (κ3) is 5.79. The highest BCUT2D eigenvalue weighted by Gasteiger charge is 2.41. The number of carbonyl (C=O) groups is 1. The first kappa shape index (κ1) is 24.5. The van der Waals surface area contributed by atoms with Gasteiger partial charge in [0.1, 0.15) is 0 Å². The highest BCUT2D eigenvalue weighted by atomic mass is 28.4. The summed E-state index contributed by atoms with van der Waals surface area (Å²) in [7, 11) is -1.97. The van der Waals surface area contributed by atoms with Crippen molar-refractivity contribution in [3.05, 3.63) is 83.9 Å². The third-order valence-corrected chi connectivity index (χ3v) is 11.6. The summed E-state index contributed by atoms with van der Waals surface area (Å²) >= 11 is 0. The van der Waals surface area contributed by atoms with Crippen LogP contribution in [-0.4, -0.2) is 25.2 Å². The second kappa shape index (κ2) is 10.2. The number of rotatable bonds is 6. The predicted molar refractivity (Wildman–Crippen MR) is 136 cm³/mol. The lowest BCUT2D eigenvalue weighted by Crippen LogP contribution is -2.47. The fraction of sp³-hybridized carbons (Fsp3) is 0.464. The van der Waals surface area contributed by atoms with Gasteiger partial charge in [-0.25, -0.2) is 0 Å². The van der Waals surface area contributed by atoms with Gasteiger partial charge in [-0.05, 0) is 35.2 Å². The van der Waals surface area contributed by atoms with Gasteiger partial charge in [0, 0.05) is 13.0 Å². The SMILES string of the molecule is CC[C@@H]1CC(=O)N(Cc2ccccc2)[C@@H](c2ccccc2)/C=C\[C@H]1O[Si](C)(C)C(C)(C)C. The normalized spacial score (nSPS) is 23.5. The van der Waals surface area contributed by atoms with Crippen LogP contribution in [0.5, 0.6) is 0 Å². The maximum atomic E-state index is 13.7. The molecule has 3 rings (SSSR count). The van der Waals surface area contributed by atoms with Crippen molar-refractivity contribution in [1.29, 1.82) is 0 Å². The van der Waals surface area contributed by atoms with Crippen LogP contribution in [0.15, 0.2) is 72.8 Å². The highest BCUT2D eigenvalue weighted by Crippen LogP contribution is 2.40. The van der Waals surface area contributed by atoms with E-state index in [1.807, 2.05) is 41.3 Å². The Bertz CT molecular complexity index is 902. The lowest BCUT2D eigenvalue weighted by atomic mass is 9.90. The van der Waals surface area contributed by atoms with Crippen molar-refractivity contribution < 1.29 is 9.22 Å². The van der Waals surface area contributed by atoms with E-state index in [-0.39, 0.29) is 29.0 Å². The van der Waals surface area contributed by atoms with E-state index < -0.39 is 8.32 Å². The quantitative estimate of drug-likeness (QED) is 0.347. The molecule has 0 saturated carbocycles. The fourth-order valence-electron chi connectivity index (χ4n) is 4.03. The Kier molecular flexibility index (Phi) is 7.78. The molecule has 0 saturated heterocycles. The van der Waals surface area contributed by atoms with E-state index in [0.29, 0.717) is 13.0 Å². The minimum Gasteiger partial charge on any atom is -0.410 e. The Labute approximate surface area is 195 Å². The molecule has 32 heavy (non-hydrogen) atoms. The molecular formula is C28H39NO2Si. The molecular weight excluding hydrogens is 410 g/mol. The smallest absolute Gasteiger partial charge is 0.224 e. The van der Waals surface area contributed by atoms with Gasteiger partial charge in [-0.2, -0.15) is 0 Å². The average Bonchev–Trinajstić information content (AvgIpc) is 2.75. The standard InChI is InChI=1S/C28H39NO2Si/c1-7-23-20-27(30)29(21-22-14-10-8-11-15-22)25(24-16-12-9-13-17-24)18-19-26(23)31-32(5,6)28(2,3)4/h8-19,23,25-26H,7,20-21H2,1-6H3/b19-18-/t23-,25-,26-/m1/s1. The number of carbonyl (C=O) groups excluding carboxylic acids is 1. The van der Waals surface area contributed by atoms with Crippen molar-refractivity contribution in [3.8, 4) is 0 Å². The molecule has 3 atom stereocenters. The maximum Gasteiger partial charge on any atom is 0.224 e. The summed E-state index contributed by atoms with van der Waals surface area (Å²) in [4.78, 5) is 15.7. The van der Waals surface area contributed by atoms with E-state index in [0.717, 1.165) is 17.5 Å². The lowest BCUT2D eigenvalue weighted by Gasteiger charge is -2.42. The van der Waals surface area contributed by atoms with Crippen molar-refractivity contribution in [3.63, 3.8) is 0 Å². The van der Waals surface area contributed by atoms with Crippen LogP contribution in [-0.2, 0) is 15.8 Å². The summed E-state index contributed by atoms with van der Waals surface area (Å²) in [5, 5.41) is 0.129. The molecule has 0 bridgehead atoms. The molecule has 1 heterocycles. The molecule has 4 heteroatoms. The Balaban J connectivity index is 2.00. The molecule has 1 aliphatic heterocycles. The molecule has 2 aromatic rings. The number of hydrogen-bond donors (Lipinski definition) is 0. The summed E-state index contributed by atoms with van der Waals surface area (Å²) in [6.07, 6.45) is 5.85. The first-order chi connectivity index (χ1) is 15.1. The summed E-state index contributed by atoms with van der Waals surface area (Å²) in [5.74, 6) is 0.380. The molecule has 1 amide bonds. The molecule has 0 N–H and O–H groups in total. The van der Waals surface area contributed by atoms with E-state index >= 15 is 0 Å². The number of hydrogen-bond acceptors (Lipinski definition) is 2. The van der Waals surface area contributed by atoms with Crippen molar-refractivity contribution in [2.45, 2.75) is 77.4 Å². The third-order valence-electron chi connectivity index (χ3n) is 7.14. The Morgan fingerprint density at radius 1 is 0.969 bits per heavy atom. The number of benzene rings is 2. The molecule has 2 aromatic carbocycles. The van der Waals surface area contributed by atoms with Gasteiger partial charge in [0.15, 0.2) is 8.32 Å². The first-order valence-electron chi connectivity index (χ1n) is 11.9. The summed E-state index contributed by atoms with van der Waals surface area (Å²) in [6, 6.07) is 20.5. The zero-order chi connectivity index (χ0) is 23.4. The van der Waals surface area contributed by atoms with Crippen LogP contribution >= 0.6 is 0 Å². The van der Waals surface area contributed by atoms with E-state index in [1.54, 1.807) is 0 Å². The van der Waals surface area contributed by atoms with Gasteiger partial charge in [-0.15, -0.1) is 0 Å². The van der Waals surface area contributed by atoms with Gasteiger partial charge in [0.25, 0.3) is 0 Å². The van der Waals surface area contributed by atoms with Crippen LogP contribution in [0, 0.1) is 5.92 Å². The molecule has 172 valence electrons. The molecule has 0 radical (unpaired) electrons. The van der Waals surface area contributed by atoms with Gasteiger partial charge in [-0.1, -0.05) is 107 Å². The largest absolute Gasteiger partial charge is 0.410 e. The first-order valence-corrected chi connectivity index (χ1v) is 14.8. The molecule has 0 aliphatic carbocycles. The minimum absolute atomic E-state index is 0.0325. The molecule has 0 aromatic heterocycles. The van der Waals surface area contributed by atoms with Crippen LogP contribution < -0.4 is 0 Å². The second-order valence-corrected chi connectivity index (χ2v) is 15.2. The number of amides is 1. The predicted octanol–water partition coefficient (Wildman–Crippen LogP) is 7.13. The monoisotopic (exact) mass is 449 g/mol. The van der Waals surface area contributed by atoms with E-state index in [1.165, 1.54) is 0 Å². The van der Waals surface area contributed by atoms with Crippen LogP contribution in [0.25, 0.3) is 0 Å². The zero-order valence-electron chi connectivity index (χ0n) is 20.5. The maximum absolute atomic E-state index is 13.7. The van der Waals surface area contributed by atoms with Crippen LogP contribution in [0.3, 0.4) is 0 Å². The van der Waals surface area contributed by atoms with Gasteiger partial charge in [0.05, 0.1) is 12.1 Å². The second-order valence-electron chi connectivity index (χ2n) is 10.5. The fourth-order valence-corrected chi connectivity index (χ4v) is 5.33. The highest BCUT2D eigenvalue weighted by molar-refractivity contribution is 6.74. The van der Waals surface area contributed by atoms with Crippen LogP contribution in [0.2, 0.25) is 18.1 Å². The lowest BCUT2D eigenvalue weighted by molar-refractivity contribution is -0.135. The van der Waals surface area contributed by atoms with E-state index in [4.69, 9.17) is 4.43 Å². The van der Waals surface area contributed by atoms with Gasteiger partial charge < -0.3 is 9.33 Å². The number of nitrogens with zero attached hydrogens (tertiary/aromatic N) is 1. The van der Waals surface area contributed by atoms with Crippen molar-refractivity contribution in [1.82, 2.24) is 4.90 Å². The topological polar surface area (TPSA) is 29.5 Å². The van der Waals surface area contributed by atoms with Crippen molar-refractivity contribution >= 4 is 14.2 Å². The summed E-state index contributed by atoms with van der Waals surface area (Å²) in [6.45, 7) is 14.2. The van der Waals surface area contributed by atoms with Crippen LogP contribution in [0.1, 0.15) is 57.7 Å². The Morgan fingerprint density at radius 2 is 1.56 bits per heavy atom. The summed E-state index contributed by atoms with van der Waals surface area (Å²) < 4.78 is 6.85. The summed E-state index contributed by atoms with van der Waals surface area (Å²) in [5.41, 5.74) is 2.28. The van der Waals surface area contributed by atoms with Gasteiger partial charge >= 0.3 is 0 Å². The molecule has 0 spiro atoms. The van der Waals surface area contributed by atoms with E-state index in [9.17, 15) is 4.79 Å². The Hall–Kier alpha value is -2.17. The van der Waals surface area contributed by atoms with Crippen LogP contribution in [0.4, 0.5) is 0 Å². The zero-order valence-corrected chi connectivity index (χ0v) is 21.5. The van der Waals surface area contributed by atoms with E-state index in [2.05, 4.69) is 77.2 Å². The molecule has 1 aliphatic rings. The van der Waals surface area contributed by atoms with Gasteiger partial charge in [-0.3, -0.25) is 4.79 Å². The van der Waals surface area contributed by atoms with Crippen molar-refractivity contribution in [2.24, 2.45) is 5.92 Å². The van der Waals surface area contributed by atoms with Gasteiger partial charge in [0.2, 0.25) is 5.91 Å². The molecule has 3 nitrogen and oxygen atoms in total.